The number of nitrogens with one attached hydrogen (secondary N) is 2. The first-order chi connectivity index (χ1) is 12.1. The summed E-state index contributed by atoms with van der Waals surface area (Å²) in [5, 5.41) is 10.9. The number of hydrogen-bond acceptors (Lipinski definition) is 3. The monoisotopic (exact) mass is 344 g/mol. The molecule has 1 aliphatic rings. The summed E-state index contributed by atoms with van der Waals surface area (Å²) in [5.74, 6) is -0.313. The summed E-state index contributed by atoms with van der Waals surface area (Å²) < 4.78 is 16.2. The van der Waals surface area contributed by atoms with Gasteiger partial charge in [0.05, 0.1) is 12.2 Å². The van der Waals surface area contributed by atoms with Gasteiger partial charge in [0.2, 0.25) is 5.91 Å². The molecule has 1 fully saturated rings. The summed E-state index contributed by atoms with van der Waals surface area (Å²) in [4.78, 5) is 11.8. The number of amides is 1. The molecule has 1 saturated heterocycles. The van der Waals surface area contributed by atoms with E-state index < -0.39 is 0 Å². The molecule has 1 aliphatic heterocycles. The Morgan fingerprint density at radius 2 is 2.20 bits per heavy atom. The lowest BCUT2D eigenvalue weighted by Gasteiger charge is -2.33. The minimum Gasteiger partial charge on any atom is -0.348 e. The number of halogens is 1. The second-order valence-corrected chi connectivity index (χ2v) is 6.57. The first-order valence-electron chi connectivity index (χ1n) is 8.88. The van der Waals surface area contributed by atoms with Crippen molar-refractivity contribution < 1.29 is 9.18 Å². The van der Waals surface area contributed by atoms with Crippen molar-refractivity contribution in [2.75, 3.05) is 0 Å². The van der Waals surface area contributed by atoms with E-state index in [1.54, 1.807) is 18.2 Å². The highest BCUT2D eigenvalue weighted by Gasteiger charge is 2.31. The Hall–Kier alpha value is -2.21. The molecule has 2 heterocycles. The van der Waals surface area contributed by atoms with Crippen LogP contribution in [0.2, 0.25) is 0 Å². The molecule has 2 N–H and O–H groups in total. The summed E-state index contributed by atoms with van der Waals surface area (Å²) >= 11 is 0. The molecule has 0 spiro atoms. The van der Waals surface area contributed by atoms with Crippen LogP contribution in [0.5, 0.6) is 0 Å². The van der Waals surface area contributed by atoms with Crippen LogP contribution >= 0.6 is 0 Å². The van der Waals surface area contributed by atoms with Crippen LogP contribution in [0.3, 0.4) is 0 Å². The molecule has 3 rings (SSSR count). The molecule has 25 heavy (non-hydrogen) atoms. The van der Waals surface area contributed by atoms with Crippen LogP contribution in [0.25, 0.3) is 0 Å². The fraction of sp³-hybridized carbons (Fsp3) is 0.474. The zero-order valence-electron chi connectivity index (χ0n) is 14.8. The van der Waals surface area contributed by atoms with Gasteiger partial charge in [-0.1, -0.05) is 25.1 Å². The second-order valence-electron chi connectivity index (χ2n) is 6.57. The predicted octanol–water partition coefficient (Wildman–Crippen LogP) is 2.85. The van der Waals surface area contributed by atoms with Gasteiger partial charge in [-0.05, 0) is 25.8 Å². The van der Waals surface area contributed by atoms with Crippen molar-refractivity contribution in [1.82, 2.24) is 20.4 Å². The second kappa shape index (κ2) is 7.78. The predicted molar refractivity (Wildman–Crippen MR) is 94.4 cm³/mol. The number of piperidine rings is 1. The normalized spacial score (nSPS) is 20.5. The SMILES string of the molecule is CCCn1ncc(CN[C@@H]2CCC(=O)N[C@H]2c2ccccc2F)c1C. The molecule has 0 radical (unpaired) electrons. The maximum atomic E-state index is 14.2. The first-order valence-corrected chi connectivity index (χ1v) is 8.88. The highest BCUT2D eigenvalue weighted by atomic mass is 19.1. The van der Waals surface area contributed by atoms with Crippen LogP contribution < -0.4 is 10.6 Å². The van der Waals surface area contributed by atoms with Gasteiger partial charge in [0.25, 0.3) is 0 Å². The molecule has 1 aromatic carbocycles. The number of aryl methyl sites for hydroxylation is 1. The summed E-state index contributed by atoms with van der Waals surface area (Å²) in [5.41, 5.74) is 2.82. The number of carbonyl (C=O) groups excluding carboxylic acids is 1. The summed E-state index contributed by atoms with van der Waals surface area (Å²) in [6.07, 6.45) is 4.07. The average molecular weight is 344 g/mol. The lowest BCUT2D eigenvalue weighted by Crippen LogP contribution is -2.48. The first kappa shape index (κ1) is 17.6. The fourth-order valence-electron chi connectivity index (χ4n) is 3.38. The Bertz CT molecular complexity index is 743. The number of carbonyl (C=O) groups is 1. The molecule has 6 heteroatoms. The maximum Gasteiger partial charge on any atom is 0.220 e. The van der Waals surface area contributed by atoms with E-state index in [1.165, 1.54) is 6.07 Å². The number of hydrogen-bond donors (Lipinski definition) is 2. The number of rotatable bonds is 6. The van der Waals surface area contributed by atoms with Crippen LogP contribution in [0.1, 0.15) is 49.0 Å². The van der Waals surface area contributed by atoms with Crippen LogP contribution in [-0.4, -0.2) is 21.7 Å². The van der Waals surface area contributed by atoms with Gasteiger partial charge in [-0.3, -0.25) is 9.48 Å². The largest absolute Gasteiger partial charge is 0.348 e. The Morgan fingerprint density at radius 3 is 2.96 bits per heavy atom. The minimum atomic E-state index is -0.353. The van der Waals surface area contributed by atoms with Crippen LogP contribution in [0.15, 0.2) is 30.5 Å². The van der Waals surface area contributed by atoms with Crippen molar-refractivity contribution >= 4 is 5.91 Å². The van der Waals surface area contributed by atoms with E-state index in [2.05, 4.69) is 29.6 Å². The lowest BCUT2D eigenvalue weighted by atomic mass is 9.91. The molecule has 0 bridgehead atoms. The highest BCUT2D eigenvalue weighted by Crippen LogP contribution is 2.26. The molecule has 134 valence electrons. The molecular weight excluding hydrogens is 319 g/mol. The zero-order chi connectivity index (χ0) is 17.8. The number of aromatic nitrogens is 2. The molecule has 1 aromatic heterocycles. The molecule has 1 amide bonds. The number of benzene rings is 1. The fourth-order valence-corrected chi connectivity index (χ4v) is 3.38. The average Bonchev–Trinajstić information content (AvgIpc) is 2.95. The molecule has 0 unspecified atom stereocenters. The summed E-state index contributed by atoms with van der Waals surface area (Å²) in [6.45, 7) is 5.75. The van der Waals surface area contributed by atoms with E-state index in [-0.39, 0.29) is 23.8 Å². The van der Waals surface area contributed by atoms with Crippen LogP contribution in [0.4, 0.5) is 4.39 Å². The van der Waals surface area contributed by atoms with E-state index in [0.29, 0.717) is 24.9 Å². The van der Waals surface area contributed by atoms with Crippen molar-refractivity contribution in [3.05, 3.63) is 53.1 Å². The van der Waals surface area contributed by atoms with Gasteiger partial charge in [0.1, 0.15) is 5.82 Å². The van der Waals surface area contributed by atoms with Gasteiger partial charge in [-0.2, -0.15) is 5.10 Å². The van der Waals surface area contributed by atoms with Gasteiger partial charge < -0.3 is 10.6 Å². The van der Waals surface area contributed by atoms with Crippen LogP contribution in [-0.2, 0) is 17.9 Å². The Morgan fingerprint density at radius 1 is 1.40 bits per heavy atom. The van der Waals surface area contributed by atoms with Crippen LogP contribution in [0, 0.1) is 12.7 Å². The van der Waals surface area contributed by atoms with E-state index in [0.717, 1.165) is 24.2 Å². The van der Waals surface area contributed by atoms with Gasteiger partial charge in [-0.25, -0.2) is 4.39 Å². The number of nitrogens with zero attached hydrogens (tertiary/aromatic N) is 2. The molecular formula is C19H25FN4O. The third kappa shape index (κ3) is 3.90. The third-order valence-electron chi connectivity index (χ3n) is 4.84. The molecule has 0 saturated carbocycles. The van der Waals surface area contributed by atoms with Crippen molar-refractivity contribution in [3.63, 3.8) is 0 Å². The van der Waals surface area contributed by atoms with Crippen molar-refractivity contribution in [2.45, 2.75) is 58.3 Å². The molecule has 2 atom stereocenters. The summed E-state index contributed by atoms with van der Waals surface area (Å²) in [7, 11) is 0. The standard InChI is InChI=1S/C19H25FN4O/c1-3-10-24-13(2)14(12-22-24)11-21-17-8-9-18(25)23-19(17)15-6-4-5-7-16(15)20/h4-7,12,17,19,21H,3,8-11H2,1-2H3,(H,23,25)/t17-,19+/m1/s1. The maximum absolute atomic E-state index is 14.2. The van der Waals surface area contributed by atoms with Gasteiger partial charge in [0, 0.05) is 42.4 Å². The zero-order valence-corrected chi connectivity index (χ0v) is 14.8. The van der Waals surface area contributed by atoms with E-state index in [9.17, 15) is 9.18 Å². The molecule has 2 aromatic rings. The van der Waals surface area contributed by atoms with Gasteiger partial charge in [0.15, 0.2) is 0 Å². The summed E-state index contributed by atoms with van der Waals surface area (Å²) in [6, 6.07) is 6.28. The smallest absolute Gasteiger partial charge is 0.220 e. The van der Waals surface area contributed by atoms with Gasteiger partial charge in [-0.15, -0.1) is 0 Å². The Kier molecular flexibility index (Phi) is 5.48. The molecule has 0 aliphatic carbocycles. The van der Waals surface area contributed by atoms with Crippen molar-refractivity contribution in [2.24, 2.45) is 0 Å². The molecule has 5 nitrogen and oxygen atoms in total. The Balaban J connectivity index is 1.73. The minimum absolute atomic E-state index is 0.0106. The van der Waals surface area contributed by atoms with Gasteiger partial charge >= 0.3 is 0 Å². The quantitative estimate of drug-likeness (QED) is 0.847. The Labute approximate surface area is 147 Å². The topological polar surface area (TPSA) is 59.0 Å². The van der Waals surface area contributed by atoms with Crippen molar-refractivity contribution in [3.8, 4) is 0 Å². The third-order valence-corrected chi connectivity index (χ3v) is 4.84. The van der Waals surface area contributed by atoms with Crippen molar-refractivity contribution in [1.29, 1.82) is 0 Å². The van der Waals surface area contributed by atoms with E-state index >= 15 is 0 Å². The highest BCUT2D eigenvalue weighted by molar-refractivity contribution is 5.77. The lowest BCUT2D eigenvalue weighted by molar-refractivity contribution is -0.123. The van der Waals surface area contributed by atoms with E-state index in [1.807, 2.05) is 10.9 Å². The van der Waals surface area contributed by atoms with E-state index in [4.69, 9.17) is 0 Å².